The van der Waals surface area contributed by atoms with Crippen molar-refractivity contribution in [1.82, 2.24) is 5.32 Å². The second-order valence-electron chi connectivity index (χ2n) is 5.57. The Labute approximate surface area is 140 Å². The van der Waals surface area contributed by atoms with Gasteiger partial charge in [0.1, 0.15) is 13.2 Å². The molecule has 0 spiro atoms. The predicted octanol–water partition coefficient (Wildman–Crippen LogP) is 4.64. The molecular formula is C17H20ClNO2S. The molecule has 118 valence electrons. The van der Waals surface area contributed by atoms with E-state index in [9.17, 15) is 0 Å². The van der Waals surface area contributed by atoms with E-state index in [2.05, 4.69) is 32.2 Å². The van der Waals surface area contributed by atoms with E-state index >= 15 is 0 Å². The summed E-state index contributed by atoms with van der Waals surface area (Å²) in [5.74, 6) is 1.40. The summed E-state index contributed by atoms with van der Waals surface area (Å²) in [7, 11) is 0. The van der Waals surface area contributed by atoms with Crippen LogP contribution in [0, 0.1) is 13.8 Å². The summed E-state index contributed by atoms with van der Waals surface area (Å²) in [6.07, 6.45) is 0. The highest BCUT2D eigenvalue weighted by molar-refractivity contribution is 7.12. The molecule has 1 aromatic heterocycles. The smallest absolute Gasteiger partial charge is 0.179 e. The molecule has 1 aliphatic heterocycles. The summed E-state index contributed by atoms with van der Waals surface area (Å²) < 4.78 is 11.2. The van der Waals surface area contributed by atoms with Gasteiger partial charge in [-0.1, -0.05) is 11.6 Å². The van der Waals surface area contributed by atoms with Crippen molar-refractivity contribution >= 4 is 22.9 Å². The first-order chi connectivity index (χ1) is 10.5. The third-order valence-corrected chi connectivity index (χ3v) is 5.08. The lowest BCUT2D eigenvalue weighted by Gasteiger charge is -2.21. The van der Waals surface area contributed by atoms with E-state index in [1.165, 1.54) is 15.3 Å². The van der Waals surface area contributed by atoms with Crippen LogP contribution in [0.15, 0.2) is 18.2 Å². The summed E-state index contributed by atoms with van der Waals surface area (Å²) in [4.78, 5) is 2.72. The number of nitrogens with one attached hydrogen (secondary N) is 1. The third kappa shape index (κ3) is 3.24. The number of hydrogen-bond acceptors (Lipinski definition) is 4. The average Bonchev–Trinajstić information content (AvgIpc) is 2.84. The molecule has 1 aliphatic rings. The molecule has 1 unspecified atom stereocenters. The average molecular weight is 338 g/mol. The third-order valence-electron chi connectivity index (χ3n) is 3.81. The van der Waals surface area contributed by atoms with Crippen molar-refractivity contribution in [1.29, 1.82) is 0 Å². The Morgan fingerprint density at radius 2 is 2.00 bits per heavy atom. The van der Waals surface area contributed by atoms with Crippen LogP contribution in [0.1, 0.15) is 33.8 Å². The number of hydrogen-bond donors (Lipinski definition) is 1. The molecule has 0 fully saturated rings. The van der Waals surface area contributed by atoms with Crippen LogP contribution in [-0.2, 0) is 6.54 Å². The Bertz CT molecular complexity index is 684. The molecule has 0 saturated heterocycles. The number of fused-ring (bicyclic) bond motifs is 1. The normalized spacial score (nSPS) is 14.9. The van der Waals surface area contributed by atoms with Gasteiger partial charge in [-0.2, -0.15) is 0 Å². The molecule has 3 nitrogen and oxygen atoms in total. The molecule has 1 aromatic carbocycles. The molecule has 1 atom stereocenters. The fourth-order valence-electron chi connectivity index (χ4n) is 2.73. The lowest BCUT2D eigenvalue weighted by molar-refractivity contribution is 0.171. The Balaban J connectivity index is 1.71. The maximum Gasteiger partial charge on any atom is 0.179 e. The Hall–Kier alpha value is -1.23. The Kier molecular flexibility index (Phi) is 4.62. The van der Waals surface area contributed by atoms with Crippen molar-refractivity contribution in [2.75, 3.05) is 13.2 Å². The summed E-state index contributed by atoms with van der Waals surface area (Å²) in [6, 6.07) is 6.51. The lowest BCUT2D eigenvalue weighted by atomic mass is 10.1. The van der Waals surface area contributed by atoms with Crippen molar-refractivity contribution in [2.45, 2.75) is 33.4 Å². The zero-order chi connectivity index (χ0) is 15.7. The highest BCUT2D eigenvalue weighted by atomic mass is 35.5. The first-order valence-corrected chi connectivity index (χ1v) is 8.62. The maximum atomic E-state index is 6.28. The molecular weight excluding hydrogens is 318 g/mol. The van der Waals surface area contributed by atoms with Crippen LogP contribution < -0.4 is 14.8 Å². The minimum absolute atomic E-state index is 0.303. The van der Waals surface area contributed by atoms with E-state index < -0.39 is 0 Å². The van der Waals surface area contributed by atoms with Gasteiger partial charge in [0.05, 0.1) is 5.02 Å². The number of ether oxygens (including phenoxy) is 2. The standard InChI is InChI=1S/C17H20ClNO2S/c1-10-6-14(12(3)22-10)11(2)19-9-13-7-15(18)17-16(8-13)20-4-5-21-17/h6-8,11,19H,4-5,9H2,1-3H3. The van der Waals surface area contributed by atoms with Gasteiger partial charge < -0.3 is 14.8 Å². The number of benzene rings is 1. The highest BCUT2D eigenvalue weighted by Gasteiger charge is 2.17. The first-order valence-electron chi connectivity index (χ1n) is 7.43. The van der Waals surface area contributed by atoms with Gasteiger partial charge in [-0.15, -0.1) is 11.3 Å². The van der Waals surface area contributed by atoms with E-state index in [1.807, 2.05) is 23.5 Å². The van der Waals surface area contributed by atoms with Crippen molar-refractivity contribution in [3.63, 3.8) is 0 Å². The summed E-state index contributed by atoms with van der Waals surface area (Å²) >= 11 is 8.12. The minimum atomic E-state index is 0.303. The second kappa shape index (κ2) is 6.49. The van der Waals surface area contributed by atoms with E-state index in [4.69, 9.17) is 21.1 Å². The molecule has 2 aromatic rings. The van der Waals surface area contributed by atoms with Crippen LogP contribution in [-0.4, -0.2) is 13.2 Å². The quantitative estimate of drug-likeness (QED) is 0.881. The molecule has 5 heteroatoms. The van der Waals surface area contributed by atoms with Crippen LogP contribution in [0.25, 0.3) is 0 Å². The lowest BCUT2D eigenvalue weighted by Crippen LogP contribution is -2.19. The summed E-state index contributed by atoms with van der Waals surface area (Å²) in [6.45, 7) is 8.38. The van der Waals surface area contributed by atoms with Gasteiger partial charge in [0.15, 0.2) is 11.5 Å². The fourth-order valence-corrected chi connectivity index (χ4v) is 4.04. The second-order valence-corrected chi connectivity index (χ2v) is 7.44. The maximum absolute atomic E-state index is 6.28. The van der Waals surface area contributed by atoms with Gasteiger partial charge in [-0.05, 0) is 50.1 Å². The molecule has 0 amide bonds. The van der Waals surface area contributed by atoms with Crippen molar-refractivity contribution < 1.29 is 9.47 Å². The summed E-state index contributed by atoms with van der Waals surface area (Å²) in [5, 5.41) is 4.17. The minimum Gasteiger partial charge on any atom is -0.486 e. The van der Waals surface area contributed by atoms with Crippen LogP contribution in [0.4, 0.5) is 0 Å². The van der Waals surface area contributed by atoms with Gasteiger partial charge >= 0.3 is 0 Å². The van der Waals surface area contributed by atoms with Gasteiger partial charge in [-0.3, -0.25) is 0 Å². The molecule has 2 heterocycles. The number of aryl methyl sites for hydroxylation is 2. The first kappa shape index (κ1) is 15.7. The molecule has 1 N–H and O–H groups in total. The van der Waals surface area contributed by atoms with E-state index in [0.717, 1.165) is 17.9 Å². The highest BCUT2D eigenvalue weighted by Crippen LogP contribution is 2.38. The molecule has 0 saturated carbocycles. The summed E-state index contributed by atoms with van der Waals surface area (Å²) in [5.41, 5.74) is 2.47. The molecule has 0 radical (unpaired) electrons. The van der Waals surface area contributed by atoms with Crippen LogP contribution in [0.3, 0.4) is 0 Å². The predicted molar refractivity (Wildman–Crippen MR) is 91.5 cm³/mol. The van der Waals surface area contributed by atoms with E-state index in [0.29, 0.717) is 30.0 Å². The van der Waals surface area contributed by atoms with Gasteiger partial charge in [0.25, 0.3) is 0 Å². The molecule has 0 aliphatic carbocycles. The van der Waals surface area contributed by atoms with Crippen LogP contribution in [0.2, 0.25) is 5.02 Å². The van der Waals surface area contributed by atoms with Gasteiger partial charge in [-0.25, -0.2) is 0 Å². The molecule has 0 bridgehead atoms. The van der Waals surface area contributed by atoms with Gasteiger partial charge in [0, 0.05) is 22.3 Å². The topological polar surface area (TPSA) is 30.5 Å². The van der Waals surface area contributed by atoms with Crippen molar-refractivity contribution in [2.24, 2.45) is 0 Å². The van der Waals surface area contributed by atoms with E-state index in [-0.39, 0.29) is 0 Å². The van der Waals surface area contributed by atoms with Gasteiger partial charge in [0.2, 0.25) is 0 Å². The van der Waals surface area contributed by atoms with Crippen LogP contribution in [0.5, 0.6) is 11.5 Å². The fraction of sp³-hybridized carbons (Fsp3) is 0.412. The van der Waals surface area contributed by atoms with Crippen molar-refractivity contribution in [3.05, 3.63) is 44.1 Å². The van der Waals surface area contributed by atoms with Crippen molar-refractivity contribution in [3.8, 4) is 11.5 Å². The monoisotopic (exact) mass is 337 g/mol. The SMILES string of the molecule is Cc1cc(C(C)NCc2cc(Cl)c3c(c2)OCCO3)c(C)s1. The zero-order valence-corrected chi connectivity index (χ0v) is 14.6. The number of rotatable bonds is 4. The molecule has 22 heavy (non-hydrogen) atoms. The largest absolute Gasteiger partial charge is 0.486 e. The zero-order valence-electron chi connectivity index (χ0n) is 13.0. The van der Waals surface area contributed by atoms with Crippen LogP contribution >= 0.6 is 22.9 Å². The number of halogens is 1. The Morgan fingerprint density at radius 3 is 2.73 bits per heavy atom. The number of thiophene rings is 1. The molecule has 3 rings (SSSR count). The van der Waals surface area contributed by atoms with E-state index in [1.54, 1.807) is 0 Å². The Morgan fingerprint density at radius 1 is 1.23 bits per heavy atom.